The number of amides is 3. The van der Waals surface area contributed by atoms with Crippen LogP contribution in [-0.2, 0) is 71.3 Å². The highest BCUT2D eigenvalue weighted by Crippen LogP contribution is 2.50. The van der Waals surface area contributed by atoms with Crippen LogP contribution in [0.15, 0.2) is 12.2 Å². The molecule has 0 atom stereocenters. The Bertz CT molecular complexity index is 1250. The van der Waals surface area contributed by atoms with Gasteiger partial charge in [0.2, 0.25) is 5.91 Å². The molecule has 0 aromatic carbocycles. The van der Waals surface area contributed by atoms with Gasteiger partial charge in [-0.1, -0.05) is 41.9 Å². The summed E-state index contributed by atoms with van der Waals surface area (Å²) in [4.78, 5) is 47.5. The third-order valence-corrected chi connectivity index (χ3v) is 13.5. The molecular weight excluding hydrogens is 909 g/mol. The van der Waals surface area contributed by atoms with Gasteiger partial charge in [0.15, 0.2) is 0 Å². The lowest BCUT2D eigenvalue weighted by molar-refractivity contribution is -0.148. The van der Waals surface area contributed by atoms with Crippen LogP contribution in [0.4, 0.5) is 0 Å². The number of carbonyl (C=O) groups excluding carboxylic acids is 4. The molecule has 0 radical (unpaired) electrons. The summed E-state index contributed by atoms with van der Waals surface area (Å²) >= 11 is 0. The molecule has 0 saturated heterocycles. The Morgan fingerprint density at radius 2 is 0.866 bits per heavy atom. The molecule has 1 heterocycles. The second kappa shape index (κ2) is 44.1. The Morgan fingerprint density at radius 1 is 0.537 bits per heavy atom. The number of hydrogen-bond donors (Lipinski definition) is 1. The normalized spacial score (nSPS) is 14.4. The number of carbonyl (C=O) groups is 4. The van der Waals surface area contributed by atoms with Gasteiger partial charge in [0.1, 0.15) is 13.2 Å². The number of rotatable bonds is 51. The summed E-state index contributed by atoms with van der Waals surface area (Å²) in [7, 11) is 3.76. The van der Waals surface area contributed by atoms with Gasteiger partial charge in [-0.3, -0.25) is 24.1 Å². The molecule has 1 fully saturated rings. The zero-order valence-electron chi connectivity index (χ0n) is 41.0. The van der Waals surface area contributed by atoms with E-state index in [1.165, 1.54) is 6.42 Å². The molecule has 390 valence electrons. The Labute approximate surface area is 409 Å². The lowest BCUT2D eigenvalue weighted by atomic mass is 9.85. The summed E-state index contributed by atoms with van der Waals surface area (Å²) in [6.07, 6.45) is 15.2. The zero-order chi connectivity index (χ0) is 48.1. The summed E-state index contributed by atoms with van der Waals surface area (Å²) in [5, 5.41) is 2.68. The van der Waals surface area contributed by atoms with Gasteiger partial charge in [-0.2, -0.15) is 0 Å². The van der Waals surface area contributed by atoms with Gasteiger partial charge in [-0.25, -0.2) is 0 Å². The van der Waals surface area contributed by atoms with Crippen molar-refractivity contribution >= 4 is 45.3 Å². The van der Waals surface area contributed by atoms with Crippen molar-refractivity contribution in [2.75, 3.05) is 158 Å². The SMILES string of the molecule is CC(C)C(=O)OCC1(SSCCCOCCCOCCCOCCCOCCCOCCCOCCCOCCCOCCCOCCCOCCCNC(=O)CN2C(=O)C=CC2=O)CCC1. The van der Waals surface area contributed by atoms with E-state index < -0.39 is 11.8 Å². The smallest absolute Gasteiger partial charge is 0.308 e. The van der Waals surface area contributed by atoms with Crippen LogP contribution in [0.25, 0.3) is 0 Å². The molecule has 1 saturated carbocycles. The largest absolute Gasteiger partial charge is 0.464 e. The molecule has 1 N–H and O–H groups in total. The minimum atomic E-state index is -0.466. The van der Waals surface area contributed by atoms with Crippen LogP contribution in [0.1, 0.15) is 104 Å². The Hall–Kier alpha value is -1.88. The Balaban J connectivity index is 1.13. The average Bonchev–Trinajstić information content (AvgIpc) is 3.62. The first kappa shape index (κ1) is 61.2. The van der Waals surface area contributed by atoms with Gasteiger partial charge in [0, 0.05) is 157 Å². The standard InChI is InChI=1S/C48H86N2O15S2/c1-43(2)47(54)65-42-48(17-3-18-48)67-66-40-14-39-64-38-13-37-63-36-12-35-62-34-11-33-61-32-10-31-60-30-9-29-59-28-8-27-58-26-7-25-57-24-6-23-56-22-5-21-55-20-4-19-49-44(51)41-50-45(52)15-16-46(50)53/h15-16,43H,3-14,17-42H2,1-2H3,(H,49,51). The molecule has 1 aliphatic heterocycles. The Kier molecular flexibility index (Phi) is 40.3. The van der Waals surface area contributed by atoms with Crippen LogP contribution in [0, 0.1) is 5.92 Å². The number of nitrogens with one attached hydrogen (secondary N) is 1. The first-order valence-electron chi connectivity index (χ1n) is 24.9. The van der Waals surface area contributed by atoms with Crippen molar-refractivity contribution in [3.63, 3.8) is 0 Å². The predicted octanol–water partition coefficient (Wildman–Crippen LogP) is 5.99. The minimum absolute atomic E-state index is 0.0681. The molecule has 3 amide bonds. The van der Waals surface area contributed by atoms with E-state index in [-0.39, 0.29) is 29.1 Å². The van der Waals surface area contributed by atoms with Crippen LogP contribution in [0.3, 0.4) is 0 Å². The number of ether oxygens (including phenoxy) is 11. The predicted molar refractivity (Wildman–Crippen MR) is 260 cm³/mol. The van der Waals surface area contributed by atoms with Crippen molar-refractivity contribution in [2.45, 2.75) is 108 Å². The minimum Gasteiger partial charge on any atom is -0.464 e. The van der Waals surface area contributed by atoms with Gasteiger partial charge >= 0.3 is 5.97 Å². The van der Waals surface area contributed by atoms with Gasteiger partial charge in [0.05, 0.1) is 10.7 Å². The average molecular weight is 995 g/mol. The molecule has 0 aromatic rings. The summed E-state index contributed by atoms with van der Waals surface area (Å²) in [6.45, 7) is 17.9. The second-order valence-corrected chi connectivity index (χ2v) is 19.5. The third-order valence-electron chi connectivity index (χ3n) is 10.2. The summed E-state index contributed by atoms with van der Waals surface area (Å²) in [6, 6.07) is 0. The van der Waals surface area contributed by atoms with Crippen molar-refractivity contribution in [1.29, 1.82) is 0 Å². The molecule has 0 unspecified atom stereocenters. The molecule has 0 spiro atoms. The molecule has 2 aliphatic rings. The van der Waals surface area contributed by atoms with E-state index in [4.69, 9.17) is 52.1 Å². The fraction of sp³-hybridized carbons (Fsp3) is 0.875. The molecule has 67 heavy (non-hydrogen) atoms. The monoisotopic (exact) mass is 995 g/mol. The zero-order valence-corrected chi connectivity index (χ0v) is 42.6. The van der Waals surface area contributed by atoms with E-state index in [0.717, 1.165) is 113 Å². The lowest BCUT2D eigenvalue weighted by Gasteiger charge is -2.40. The van der Waals surface area contributed by atoms with Crippen molar-refractivity contribution in [3.05, 3.63) is 12.2 Å². The van der Waals surface area contributed by atoms with E-state index >= 15 is 0 Å². The van der Waals surface area contributed by atoms with E-state index in [0.29, 0.717) is 138 Å². The number of imide groups is 1. The van der Waals surface area contributed by atoms with Crippen molar-refractivity contribution in [2.24, 2.45) is 5.92 Å². The van der Waals surface area contributed by atoms with Gasteiger partial charge in [-0.05, 0) is 83.5 Å². The second-order valence-electron chi connectivity index (χ2n) is 16.7. The molecule has 0 bridgehead atoms. The maximum absolute atomic E-state index is 11.8. The van der Waals surface area contributed by atoms with E-state index in [1.54, 1.807) is 0 Å². The first-order valence-corrected chi connectivity index (χ1v) is 27.2. The molecule has 19 heteroatoms. The maximum Gasteiger partial charge on any atom is 0.308 e. The number of esters is 1. The molecular formula is C48H86N2O15S2. The Morgan fingerprint density at radius 3 is 1.18 bits per heavy atom. The first-order chi connectivity index (χ1) is 32.8. The van der Waals surface area contributed by atoms with E-state index in [9.17, 15) is 19.2 Å². The quantitative estimate of drug-likeness (QED) is 0.0324. The maximum atomic E-state index is 11.8. The molecule has 0 aromatic heterocycles. The summed E-state index contributed by atoms with van der Waals surface area (Å²) in [5.41, 5.74) is 0. The summed E-state index contributed by atoms with van der Waals surface area (Å²) < 4.78 is 62.3. The van der Waals surface area contributed by atoms with Gasteiger partial charge in [-0.15, -0.1) is 0 Å². The fourth-order valence-electron chi connectivity index (χ4n) is 6.16. The van der Waals surface area contributed by atoms with Crippen LogP contribution in [-0.4, -0.2) is 191 Å². The van der Waals surface area contributed by atoms with Gasteiger partial charge < -0.3 is 57.4 Å². The van der Waals surface area contributed by atoms with E-state index in [2.05, 4.69) is 5.32 Å². The van der Waals surface area contributed by atoms with Crippen LogP contribution in [0.5, 0.6) is 0 Å². The molecule has 2 rings (SSSR count). The highest BCUT2D eigenvalue weighted by atomic mass is 33.1. The third kappa shape index (κ3) is 35.8. The van der Waals surface area contributed by atoms with Gasteiger partial charge in [0.25, 0.3) is 11.8 Å². The van der Waals surface area contributed by atoms with Crippen molar-refractivity contribution < 1.29 is 71.3 Å². The highest BCUT2D eigenvalue weighted by molar-refractivity contribution is 8.77. The van der Waals surface area contributed by atoms with Crippen LogP contribution in [0.2, 0.25) is 0 Å². The van der Waals surface area contributed by atoms with Crippen LogP contribution >= 0.6 is 21.6 Å². The van der Waals surface area contributed by atoms with Crippen LogP contribution < -0.4 is 5.32 Å². The van der Waals surface area contributed by atoms with Crippen molar-refractivity contribution in [3.8, 4) is 0 Å². The lowest BCUT2D eigenvalue weighted by Crippen LogP contribution is -2.40. The number of nitrogens with zero attached hydrogens (tertiary/aromatic N) is 1. The number of hydrogen-bond acceptors (Lipinski definition) is 17. The topological polar surface area (TPSA) is 185 Å². The van der Waals surface area contributed by atoms with Crippen molar-refractivity contribution in [1.82, 2.24) is 10.2 Å². The van der Waals surface area contributed by atoms with E-state index in [1.807, 2.05) is 35.4 Å². The summed E-state index contributed by atoms with van der Waals surface area (Å²) in [5.74, 6) is -0.431. The highest BCUT2D eigenvalue weighted by Gasteiger charge is 2.39. The molecule has 17 nitrogen and oxygen atoms in total. The fourth-order valence-corrected chi connectivity index (χ4v) is 9.28. The molecule has 1 aliphatic carbocycles.